The van der Waals surface area contributed by atoms with Crippen LogP contribution in [-0.4, -0.2) is 35.7 Å². The van der Waals surface area contributed by atoms with Crippen LogP contribution >= 0.6 is 11.8 Å². The number of aromatic nitrogens is 5. The van der Waals surface area contributed by atoms with Gasteiger partial charge in [0.05, 0.1) is 16.8 Å². The summed E-state index contributed by atoms with van der Waals surface area (Å²) in [6.07, 6.45) is 0.776. The van der Waals surface area contributed by atoms with Crippen molar-refractivity contribution in [1.29, 1.82) is 0 Å². The van der Waals surface area contributed by atoms with Crippen molar-refractivity contribution in [3.63, 3.8) is 0 Å². The minimum Gasteiger partial charge on any atom is -0.348 e. The number of ketones is 1. The number of Topliss-reactive ketones (excluding diaryl/α,β-unsaturated/α-hetero) is 1. The number of nitrogens with zero attached hydrogens (tertiary/aromatic N) is 4. The molecule has 5 rings (SSSR count). The maximum absolute atomic E-state index is 13.1. The molecule has 3 aromatic heterocycles. The van der Waals surface area contributed by atoms with Gasteiger partial charge in [-0.2, -0.15) is 0 Å². The Kier molecular flexibility index (Phi) is 5.30. The number of rotatable bonds is 7. The number of carbonyl (C=O) groups excluding carboxylic acids is 1. The first-order valence-corrected chi connectivity index (χ1v) is 11.4. The van der Waals surface area contributed by atoms with Crippen LogP contribution in [0.25, 0.3) is 16.8 Å². The number of aromatic amines is 1. The number of hydrogen-bond acceptors (Lipinski definition) is 4. The summed E-state index contributed by atoms with van der Waals surface area (Å²) in [5.41, 5.74) is 5.65. The Balaban J connectivity index is 1.31. The van der Waals surface area contributed by atoms with Gasteiger partial charge in [-0.05, 0) is 56.2 Å². The summed E-state index contributed by atoms with van der Waals surface area (Å²) < 4.78 is 17.2. The third-order valence-corrected chi connectivity index (χ3v) is 6.69. The molecule has 1 N–H and O–H groups in total. The third-order valence-electron chi connectivity index (χ3n) is 5.75. The first-order valence-electron chi connectivity index (χ1n) is 10.4. The highest BCUT2D eigenvalue weighted by molar-refractivity contribution is 7.99. The molecule has 0 aliphatic carbocycles. The zero-order chi connectivity index (χ0) is 22.2. The Morgan fingerprint density at radius 1 is 1.12 bits per heavy atom. The van der Waals surface area contributed by atoms with Crippen molar-refractivity contribution in [3.05, 3.63) is 82.9 Å². The van der Waals surface area contributed by atoms with E-state index >= 15 is 0 Å². The molecule has 162 valence electrons. The van der Waals surface area contributed by atoms with Gasteiger partial charge in [-0.1, -0.05) is 36.0 Å². The maximum Gasteiger partial charge on any atom is 0.231 e. The maximum atomic E-state index is 13.1. The van der Waals surface area contributed by atoms with Gasteiger partial charge in [0.2, 0.25) is 5.78 Å². The van der Waals surface area contributed by atoms with Crippen molar-refractivity contribution < 1.29 is 9.18 Å². The second-order valence-electron chi connectivity index (χ2n) is 7.79. The summed E-state index contributed by atoms with van der Waals surface area (Å²) in [5.74, 6) is 0.788. The van der Waals surface area contributed by atoms with Gasteiger partial charge in [-0.25, -0.2) is 14.5 Å². The quantitative estimate of drug-likeness (QED) is 0.282. The molecule has 5 aromatic rings. The van der Waals surface area contributed by atoms with Crippen LogP contribution in [-0.2, 0) is 13.0 Å². The van der Waals surface area contributed by atoms with E-state index in [4.69, 9.17) is 0 Å². The average Bonchev–Trinajstić information content (AvgIpc) is 3.44. The molecule has 3 heterocycles. The van der Waals surface area contributed by atoms with E-state index < -0.39 is 0 Å². The topological polar surface area (TPSA) is 68.0 Å². The highest BCUT2D eigenvalue weighted by atomic mass is 32.2. The van der Waals surface area contributed by atoms with Gasteiger partial charge in [0.15, 0.2) is 10.9 Å². The summed E-state index contributed by atoms with van der Waals surface area (Å²) in [6, 6.07) is 16.4. The number of halogens is 1. The molecule has 0 aliphatic rings. The zero-order valence-electron chi connectivity index (χ0n) is 17.8. The van der Waals surface area contributed by atoms with Crippen molar-refractivity contribution in [3.8, 4) is 0 Å². The van der Waals surface area contributed by atoms with Crippen LogP contribution in [0.1, 0.15) is 27.3 Å². The molecule has 0 saturated heterocycles. The van der Waals surface area contributed by atoms with E-state index in [2.05, 4.69) is 19.7 Å². The van der Waals surface area contributed by atoms with Gasteiger partial charge in [0.1, 0.15) is 5.82 Å². The van der Waals surface area contributed by atoms with Gasteiger partial charge < -0.3 is 4.57 Å². The number of hydrogen-bond donors (Lipinski definition) is 1. The number of benzene rings is 2. The lowest BCUT2D eigenvalue weighted by molar-refractivity contribution is 0.102. The SMILES string of the molecule is Cc1cc(C(=O)CSc2n[nH]c3nc4ccccc4n23)c(C)n1CCc1ccc(F)cc1. The van der Waals surface area contributed by atoms with Crippen LogP contribution in [0.3, 0.4) is 0 Å². The molecular formula is C24H22FN5OS. The van der Waals surface area contributed by atoms with E-state index in [-0.39, 0.29) is 17.4 Å². The summed E-state index contributed by atoms with van der Waals surface area (Å²) in [5, 5.41) is 8.00. The Labute approximate surface area is 188 Å². The first kappa shape index (κ1) is 20.5. The molecule has 6 nitrogen and oxygen atoms in total. The van der Waals surface area contributed by atoms with Crippen LogP contribution in [0, 0.1) is 19.7 Å². The average molecular weight is 448 g/mol. The van der Waals surface area contributed by atoms with E-state index in [1.54, 1.807) is 12.1 Å². The largest absolute Gasteiger partial charge is 0.348 e. The predicted molar refractivity (Wildman–Crippen MR) is 124 cm³/mol. The highest BCUT2D eigenvalue weighted by Gasteiger charge is 2.18. The summed E-state index contributed by atoms with van der Waals surface area (Å²) >= 11 is 1.40. The molecular weight excluding hydrogens is 425 g/mol. The van der Waals surface area contributed by atoms with E-state index in [0.29, 0.717) is 10.9 Å². The minimum atomic E-state index is -0.231. The monoisotopic (exact) mass is 447 g/mol. The van der Waals surface area contributed by atoms with E-state index in [1.165, 1.54) is 23.9 Å². The van der Waals surface area contributed by atoms with Gasteiger partial charge in [0.25, 0.3) is 0 Å². The van der Waals surface area contributed by atoms with Gasteiger partial charge >= 0.3 is 0 Å². The van der Waals surface area contributed by atoms with Gasteiger partial charge in [-0.15, -0.1) is 5.10 Å². The normalized spacial score (nSPS) is 11.6. The van der Waals surface area contributed by atoms with E-state index in [1.807, 2.05) is 48.6 Å². The summed E-state index contributed by atoms with van der Waals surface area (Å²) in [7, 11) is 0. The number of carbonyl (C=O) groups is 1. The van der Waals surface area contributed by atoms with E-state index in [9.17, 15) is 9.18 Å². The minimum absolute atomic E-state index is 0.0664. The molecule has 0 spiro atoms. The van der Waals surface area contributed by atoms with Crippen molar-refractivity contribution in [2.24, 2.45) is 0 Å². The molecule has 0 radical (unpaired) electrons. The van der Waals surface area contributed by atoms with Crippen molar-refractivity contribution >= 4 is 34.4 Å². The van der Waals surface area contributed by atoms with Crippen molar-refractivity contribution in [1.82, 2.24) is 24.1 Å². The lowest BCUT2D eigenvalue weighted by Gasteiger charge is -2.10. The van der Waals surface area contributed by atoms with Crippen LogP contribution in [0.15, 0.2) is 59.8 Å². The number of thioether (sulfide) groups is 1. The van der Waals surface area contributed by atoms with E-state index in [0.717, 1.165) is 46.5 Å². The van der Waals surface area contributed by atoms with Crippen LogP contribution in [0.2, 0.25) is 0 Å². The van der Waals surface area contributed by atoms with Crippen LogP contribution in [0.5, 0.6) is 0 Å². The number of fused-ring (bicyclic) bond motifs is 3. The summed E-state index contributed by atoms with van der Waals surface area (Å²) in [4.78, 5) is 17.6. The van der Waals surface area contributed by atoms with Crippen molar-refractivity contribution in [2.75, 3.05) is 5.75 Å². The van der Waals surface area contributed by atoms with Crippen LogP contribution < -0.4 is 0 Å². The second kappa shape index (κ2) is 8.27. The predicted octanol–water partition coefficient (Wildman–Crippen LogP) is 4.99. The molecule has 0 amide bonds. The molecule has 0 unspecified atom stereocenters. The number of imidazole rings is 1. The molecule has 0 atom stereocenters. The number of H-pyrrole nitrogens is 1. The number of aryl methyl sites for hydroxylation is 2. The standard InChI is InChI=1S/C24H22FN5OS/c1-15-13-19(16(2)29(15)12-11-17-7-9-18(25)10-8-17)22(31)14-32-24-28-27-23-26-20-5-3-4-6-21(20)30(23)24/h3-10,13H,11-12,14H2,1-2H3,(H,26,27). The number of nitrogens with one attached hydrogen (secondary N) is 1. The lowest BCUT2D eigenvalue weighted by atomic mass is 10.1. The van der Waals surface area contributed by atoms with Gasteiger partial charge in [-0.3, -0.25) is 9.20 Å². The Morgan fingerprint density at radius 3 is 2.72 bits per heavy atom. The third kappa shape index (κ3) is 3.71. The first-order chi connectivity index (χ1) is 15.5. The Morgan fingerprint density at radius 2 is 1.91 bits per heavy atom. The molecule has 0 bridgehead atoms. The van der Waals surface area contributed by atoms with Crippen molar-refractivity contribution in [2.45, 2.75) is 32.0 Å². The summed E-state index contributed by atoms with van der Waals surface area (Å²) in [6.45, 7) is 4.73. The zero-order valence-corrected chi connectivity index (χ0v) is 18.6. The smallest absolute Gasteiger partial charge is 0.231 e. The molecule has 0 aliphatic heterocycles. The Hall–Kier alpha value is -3.39. The molecule has 0 fully saturated rings. The van der Waals surface area contributed by atoms with Gasteiger partial charge in [0, 0.05) is 23.5 Å². The molecule has 32 heavy (non-hydrogen) atoms. The molecule has 0 saturated carbocycles. The highest BCUT2D eigenvalue weighted by Crippen LogP contribution is 2.25. The van der Waals surface area contributed by atoms with Crippen LogP contribution in [0.4, 0.5) is 4.39 Å². The molecule has 2 aromatic carbocycles. The fourth-order valence-corrected chi connectivity index (χ4v) is 4.91. The Bertz CT molecular complexity index is 1430. The number of para-hydroxylation sites is 2. The lowest BCUT2D eigenvalue weighted by Crippen LogP contribution is -2.08. The molecule has 8 heteroatoms. The fourth-order valence-electron chi connectivity index (χ4n) is 4.07. The second-order valence-corrected chi connectivity index (χ2v) is 8.73. The fraction of sp³-hybridized carbons (Fsp3) is 0.208.